The second-order valence-corrected chi connectivity index (χ2v) is 6.28. The third-order valence-corrected chi connectivity index (χ3v) is 3.66. The number of pyridine rings is 1. The Kier molecular flexibility index (Phi) is 5.00. The first kappa shape index (κ1) is 12.4. The van der Waals surface area contributed by atoms with E-state index in [1.807, 2.05) is 18.2 Å². The summed E-state index contributed by atoms with van der Waals surface area (Å²) in [5.41, 5.74) is 0.833. The SMILES string of the molecule is CCCCOP(C)(=O)Cc1ccccn1. The van der Waals surface area contributed by atoms with Gasteiger partial charge in [-0.15, -0.1) is 0 Å². The monoisotopic (exact) mass is 227 g/mol. The van der Waals surface area contributed by atoms with E-state index < -0.39 is 7.37 Å². The molecule has 1 aromatic rings. The Morgan fingerprint density at radius 2 is 2.27 bits per heavy atom. The van der Waals surface area contributed by atoms with E-state index in [1.54, 1.807) is 12.9 Å². The van der Waals surface area contributed by atoms with Crippen molar-refractivity contribution >= 4 is 7.37 Å². The van der Waals surface area contributed by atoms with Gasteiger partial charge >= 0.3 is 0 Å². The molecule has 0 aliphatic carbocycles. The van der Waals surface area contributed by atoms with Gasteiger partial charge in [0.1, 0.15) is 0 Å². The highest BCUT2D eigenvalue weighted by molar-refractivity contribution is 7.57. The predicted molar refractivity (Wildman–Crippen MR) is 62.3 cm³/mol. The van der Waals surface area contributed by atoms with Crippen molar-refractivity contribution in [1.29, 1.82) is 0 Å². The van der Waals surface area contributed by atoms with Gasteiger partial charge in [0.15, 0.2) is 0 Å². The summed E-state index contributed by atoms with van der Waals surface area (Å²) in [4.78, 5) is 4.14. The van der Waals surface area contributed by atoms with Crippen molar-refractivity contribution in [3.8, 4) is 0 Å². The summed E-state index contributed by atoms with van der Waals surface area (Å²) in [6, 6.07) is 5.62. The Balaban J connectivity index is 2.46. The molecule has 1 heterocycles. The van der Waals surface area contributed by atoms with Gasteiger partial charge in [0, 0.05) is 18.6 Å². The first-order valence-corrected chi connectivity index (χ1v) is 7.51. The lowest BCUT2D eigenvalue weighted by molar-refractivity contribution is 0.308. The first-order valence-electron chi connectivity index (χ1n) is 5.25. The maximum atomic E-state index is 12.0. The summed E-state index contributed by atoms with van der Waals surface area (Å²) >= 11 is 0. The van der Waals surface area contributed by atoms with Crippen LogP contribution in [0.5, 0.6) is 0 Å². The lowest BCUT2D eigenvalue weighted by Crippen LogP contribution is -1.96. The molecule has 0 fully saturated rings. The maximum absolute atomic E-state index is 12.0. The van der Waals surface area contributed by atoms with Crippen molar-refractivity contribution in [1.82, 2.24) is 4.98 Å². The van der Waals surface area contributed by atoms with E-state index in [9.17, 15) is 4.57 Å². The van der Waals surface area contributed by atoms with Gasteiger partial charge in [0.25, 0.3) is 0 Å². The molecule has 0 aromatic carbocycles. The number of hydrogen-bond donors (Lipinski definition) is 0. The zero-order valence-corrected chi connectivity index (χ0v) is 10.2. The van der Waals surface area contributed by atoms with Crippen LogP contribution in [0.2, 0.25) is 0 Å². The van der Waals surface area contributed by atoms with E-state index in [0.29, 0.717) is 12.8 Å². The Bertz CT molecular complexity index is 327. The minimum Gasteiger partial charge on any atom is -0.328 e. The van der Waals surface area contributed by atoms with Crippen LogP contribution < -0.4 is 0 Å². The van der Waals surface area contributed by atoms with Gasteiger partial charge in [-0.2, -0.15) is 0 Å². The number of nitrogens with zero attached hydrogens (tertiary/aromatic N) is 1. The molecule has 3 nitrogen and oxygen atoms in total. The molecule has 1 atom stereocenters. The number of rotatable bonds is 6. The van der Waals surface area contributed by atoms with Gasteiger partial charge in [-0.1, -0.05) is 19.4 Å². The Hall–Kier alpha value is -0.660. The molecule has 0 saturated heterocycles. The fourth-order valence-electron chi connectivity index (χ4n) is 1.23. The van der Waals surface area contributed by atoms with Crippen molar-refractivity contribution in [3.63, 3.8) is 0 Å². The van der Waals surface area contributed by atoms with E-state index >= 15 is 0 Å². The molecule has 4 heteroatoms. The zero-order valence-electron chi connectivity index (χ0n) is 9.35. The van der Waals surface area contributed by atoms with Crippen LogP contribution in [0.15, 0.2) is 24.4 Å². The van der Waals surface area contributed by atoms with Crippen LogP contribution in [0, 0.1) is 0 Å². The molecule has 0 N–H and O–H groups in total. The van der Waals surface area contributed by atoms with E-state index in [-0.39, 0.29) is 0 Å². The predicted octanol–water partition coefficient (Wildman–Crippen LogP) is 3.31. The molecular weight excluding hydrogens is 209 g/mol. The zero-order chi connectivity index (χ0) is 11.1. The summed E-state index contributed by atoms with van der Waals surface area (Å²) < 4.78 is 17.4. The molecule has 0 bridgehead atoms. The summed E-state index contributed by atoms with van der Waals surface area (Å²) in [6.45, 7) is 4.34. The van der Waals surface area contributed by atoms with Crippen LogP contribution >= 0.6 is 7.37 Å². The van der Waals surface area contributed by atoms with Crippen molar-refractivity contribution in [3.05, 3.63) is 30.1 Å². The fraction of sp³-hybridized carbons (Fsp3) is 0.545. The lowest BCUT2D eigenvalue weighted by Gasteiger charge is -2.12. The van der Waals surface area contributed by atoms with Gasteiger partial charge < -0.3 is 4.52 Å². The van der Waals surface area contributed by atoms with Crippen LogP contribution in [0.4, 0.5) is 0 Å². The van der Waals surface area contributed by atoms with E-state index in [4.69, 9.17) is 4.52 Å². The highest BCUT2D eigenvalue weighted by Gasteiger charge is 2.16. The van der Waals surface area contributed by atoms with Crippen molar-refractivity contribution in [2.24, 2.45) is 0 Å². The topological polar surface area (TPSA) is 39.2 Å². The molecule has 15 heavy (non-hydrogen) atoms. The molecule has 84 valence electrons. The van der Waals surface area contributed by atoms with Crippen LogP contribution in [0.1, 0.15) is 25.5 Å². The van der Waals surface area contributed by atoms with Gasteiger partial charge in [-0.3, -0.25) is 9.55 Å². The standard InChI is InChI=1S/C11H18NO2P/c1-3-4-9-14-15(2,13)10-11-7-5-6-8-12-11/h5-8H,3-4,9-10H2,1-2H3. The summed E-state index contributed by atoms with van der Waals surface area (Å²) in [6.07, 6.45) is 4.16. The van der Waals surface area contributed by atoms with Crippen molar-refractivity contribution in [2.45, 2.75) is 25.9 Å². The van der Waals surface area contributed by atoms with E-state index in [1.165, 1.54) is 0 Å². The number of aromatic nitrogens is 1. The van der Waals surface area contributed by atoms with Crippen LogP contribution in [0.3, 0.4) is 0 Å². The van der Waals surface area contributed by atoms with Gasteiger partial charge in [-0.05, 0) is 18.6 Å². The Morgan fingerprint density at radius 1 is 1.47 bits per heavy atom. The highest BCUT2D eigenvalue weighted by atomic mass is 31.2. The largest absolute Gasteiger partial charge is 0.328 e. The number of hydrogen-bond acceptors (Lipinski definition) is 3. The first-order chi connectivity index (χ1) is 7.14. The molecule has 0 radical (unpaired) electrons. The average Bonchev–Trinajstić information content (AvgIpc) is 2.18. The summed E-state index contributed by atoms with van der Waals surface area (Å²) in [7, 11) is -2.51. The van der Waals surface area contributed by atoms with Gasteiger partial charge in [0.2, 0.25) is 7.37 Å². The molecule has 0 aliphatic heterocycles. The summed E-state index contributed by atoms with van der Waals surface area (Å²) in [5.74, 6) is 0. The third-order valence-electron chi connectivity index (χ3n) is 2.04. The smallest absolute Gasteiger partial charge is 0.206 e. The minimum absolute atomic E-state index is 0.428. The molecule has 0 saturated carbocycles. The van der Waals surface area contributed by atoms with E-state index in [0.717, 1.165) is 18.5 Å². The molecular formula is C11H18NO2P. The molecule has 0 aliphatic rings. The second kappa shape index (κ2) is 6.04. The summed E-state index contributed by atoms with van der Waals surface area (Å²) in [5, 5.41) is 0. The van der Waals surface area contributed by atoms with Crippen LogP contribution in [-0.2, 0) is 15.3 Å². The third kappa shape index (κ3) is 5.10. The Labute approximate surface area is 91.3 Å². The van der Waals surface area contributed by atoms with E-state index in [2.05, 4.69) is 11.9 Å². The number of unbranched alkanes of at least 4 members (excludes halogenated alkanes) is 1. The normalized spacial score (nSPS) is 14.8. The average molecular weight is 227 g/mol. The quantitative estimate of drug-likeness (QED) is 0.553. The maximum Gasteiger partial charge on any atom is 0.206 e. The molecule has 1 unspecified atom stereocenters. The minimum atomic E-state index is -2.51. The van der Waals surface area contributed by atoms with Gasteiger partial charge in [0.05, 0.1) is 12.8 Å². The molecule has 1 rings (SSSR count). The highest BCUT2D eigenvalue weighted by Crippen LogP contribution is 2.45. The second-order valence-electron chi connectivity index (χ2n) is 3.68. The molecule has 0 spiro atoms. The molecule has 0 amide bonds. The lowest BCUT2D eigenvalue weighted by atomic mass is 10.4. The van der Waals surface area contributed by atoms with Crippen molar-refractivity contribution in [2.75, 3.05) is 13.3 Å². The van der Waals surface area contributed by atoms with Gasteiger partial charge in [-0.25, -0.2) is 0 Å². The van der Waals surface area contributed by atoms with Crippen molar-refractivity contribution < 1.29 is 9.09 Å². The fourth-order valence-corrected chi connectivity index (χ4v) is 2.62. The molecule has 1 aromatic heterocycles. The van der Waals surface area contributed by atoms with Crippen LogP contribution in [0.25, 0.3) is 0 Å². The Morgan fingerprint density at radius 3 is 2.87 bits per heavy atom. The van der Waals surface area contributed by atoms with Crippen LogP contribution in [-0.4, -0.2) is 18.3 Å².